The van der Waals surface area contributed by atoms with Crippen molar-refractivity contribution in [2.75, 3.05) is 0 Å². The molecular formula is C7H10INS. The van der Waals surface area contributed by atoms with E-state index >= 15 is 0 Å². The van der Waals surface area contributed by atoms with Crippen LogP contribution in [-0.2, 0) is 12.8 Å². The van der Waals surface area contributed by atoms with E-state index in [1.165, 1.54) is 5.56 Å². The summed E-state index contributed by atoms with van der Waals surface area (Å²) in [5, 5.41) is 0. The molecule has 0 aliphatic rings. The molecule has 3 heteroatoms. The molecule has 1 rings (SSSR count). The first-order chi connectivity index (χ1) is 4.33. The van der Waals surface area contributed by atoms with E-state index in [0.29, 0.717) is 0 Å². The molecule has 0 spiro atoms. The van der Waals surface area contributed by atoms with Crippen LogP contribution in [0, 0.1) is 0 Å². The lowest BCUT2D eigenvalue weighted by Gasteiger charge is -1.89. The third kappa shape index (κ3) is 2.88. The zero-order chi connectivity index (χ0) is 6.69. The Bertz CT molecular complexity index is 185. The second-order valence-corrected chi connectivity index (χ2v) is 2.35. The van der Waals surface area contributed by atoms with Crippen molar-refractivity contribution in [3.8, 4) is 0 Å². The number of rotatable bonds is 1. The van der Waals surface area contributed by atoms with Crippen LogP contribution in [0.25, 0.3) is 0 Å². The average Bonchev–Trinajstić information content (AvgIpc) is 1.90. The molecule has 0 saturated heterocycles. The molecule has 0 fully saturated rings. The molecule has 10 heavy (non-hydrogen) atoms. The summed E-state index contributed by atoms with van der Waals surface area (Å²) < 4.78 is 2.01. The van der Waals surface area contributed by atoms with E-state index in [9.17, 15) is 0 Å². The first-order valence-corrected chi connectivity index (χ1v) is 3.51. The van der Waals surface area contributed by atoms with E-state index in [2.05, 4.69) is 24.8 Å². The van der Waals surface area contributed by atoms with Crippen LogP contribution < -0.4 is 28.5 Å². The van der Waals surface area contributed by atoms with Crippen molar-refractivity contribution in [2.45, 2.75) is 5.75 Å². The zero-order valence-electron chi connectivity index (χ0n) is 5.79. The van der Waals surface area contributed by atoms with Gasteiger partial charge in [0.25, 0.3) is 0 Å². The Morgan fingerprint density at radius 1 is 1.40 bits per heavy atom. The predicted octanol–water partition coefficient (Wildman–Crippen LogP) is -2.06. The molecule has 0 N–H and O–H groups in total. The normalized spacial score (nSPS) is 8.60. The van der Waals surface area contributed by atoms with Crippen LogP contribution in [0.3, 0.4) is 0 Å². The number of aromatic nitrogens is 1. The third-order valence-electron chi connectivity index (χ3n) is 1.23. The number of thiol groups is 1. The summed E-state index contributed by atoms with van der Waals surface area (Å²) in [7, 11) is 2.00. The van der Waals surface area contributed by atoms with Crippen LogP contribution in [-0.4, -0.2) is 0 Å². The summed E-state index contributed by atoms with van der Waals surface area (Å²) >= 11 is 4.14. The van der Waals surface area contributed by atoms with E-state index in [1.807, 2.05) is 24.0 Å². The summed E-state index contributed by atoms with van der Waals surface area (Å²) in [5.41, 5.74) is 1.26. The molecule has 0 aromatic carbocycles. The lowest BCUT2D eigenvalue weighted by atomic mass is 10.3. The van der Waals surface area contributed by atoms with E-state index < -0.39 is 0 Å². The summed E-state index contributed by atoms with van der Waals surface area (Å²) in [5.74, 6) is 0.820. The van der Waals surface area contributed by atoms with Crippen LogP contribution in [0.1, 0.15) is 5.56 Å². The highest BCUT2D eigenvalue weighted by atomic mass is 127. The van der Waals surface area contributed by atoms with Gasteiger partial charge in [-0.05, 0) is 5.56 Å². The number of halogens is 1. The fourth-order valence-electron chi connectivity index (χ4n) is 0.637. The van der Waals surface area contributed by atoms with Gasteiger partial charge in [0.1, 0.15) is 7.05 Å². The SMILES string of the molecule is C[n+]1ccc(CS)cc1.[I-]. The Hall–Kier alpha value is 0.230. The Kier molecular flexibility index (Phi) is 5.07. The lowest BCUT2D eigenvalue weighted by Crippen LogP contribution is -3.00. The number of pyridine rings is 1. The molecule has 0 aliphatic carbocycles. The minimum atomic E-state index is 0. The molecule has 1 nitrogen and oxygen atoms in total. The second-order valence-electron chi connectivity index (χ2n) is 2.03. The molecule has 0 bridgehead atoms. The highest BCUT2D eigenvalue weighted by molar-refractivity contribution is 7.79. The molecule has 0 aliphatic heterocycles. The molecule has 1 aromatic heterocycles. The largest absolute Gasteiger partial charge is 1.00 e. The minimum absolute atomic E-state index is 0. The maximum atomic E-state index is 4.14. The van der Waals surface area contributed by atoms with E-state index in [4.69, 9.17) is 0 Å². The van der Waals surface area contributed by atoms with Gasteiger partial charge in [-0.2, -0.15) is 12.6 Å². The Morgan fingerprint density at radius 3 is 2.30 bits per heavy atom. The van der Waals surface area contributed by atoms with E-state index in [1.54, 1.807) is 0 Å². The fourth-order valence-corrected chi connectivity index (χ4v) is 0.848. The average molecular weight is 267 g/mol. The Labute approximate surface area is 83.9 Å². The van der Waals surface area contributed by atoms with Crippen molar-refractivity contribution in [2.24, 2.45) is 7.05 Å². The van der Waals surface area contributed by atoms with Crippen molar-refractivity contribution < 1.29 is 28.5 Å². The molecule has 0 radical (unpaired) electrons. The van der Waals surface area contributed by atoms with Gasteiger partial charge in [0.05, 0.1) is 0 Å². The summed E-state index contributed by atoms with van der Waals surface area (Å²) in [6.45, 7) is 0. The van der Waals surface area contributed by atoms with Crippen LogP contribution in [0.15, 0.2) is 24.5 Å². The molecule has 1 heterocycles. The fraction of sp³-hybridized carbons (Fsp3) is 0.286. The van der Waals surface area contributed by atoms with Crippen LogP contribution in [0.2, 0.25) is 0 Å². The number of aryl methyl sites for hydroxylation is 1. The smallest absolute Gasteiger partial charge is 0.168 e. The quantitative estimate of drug-likeness (QED) is 0.339. The predicted molar refractivity (Wildman–Crippen MR) is 40.3 cm³/mol. The summed E-state index contributed by atoms with van der Waals surface area (Å²) in [4.78, 5) is 0. The molecule has 0 unspecified atom stereocenters. The van der Waals surface area contributed by atoms with Gasteiger partial charge in [-0.1, -0.05) is 0 Å². The monoisotopic (exact) mass is 267 g/mol. The van der Waals surface area contributed by atoms with Crippen molar-refractivity contribution >= 4 is 12.6 Å². The summed E-state index contributed by atoms with van der Waals surface area (Å²) in [6.07, 6.45) is 4.04. The van der Waals surface area contributed by atoms with Gasteiger partial charge in [-0.25, -0.2) is 4.57 Å². The first kappa shape index (κ1) is 10.2. The van der Waals surface area contributed by atoms with E-state index in [0.717, 1.165) is 5.75 Å². The molecular weight excluding hydrogens is 257 g/mol. The van der Waals surface area contributed by atoms with Crippen molar-refractivity contribution in [3.63, 3.8) is 0 Å². The maximum Gasteiger partial charge on any atom is 0.168 e. The van der Waals surface area contributed by atoms with Crippen molar-refractivity contribution in [3.05, 3.63) is 30.1 Å². The zero-order valence-corrected chi connectivity index (χ0v) is 8.84. The van der Waals surface area contributed by atoms with E-state index in [-0.39, 0.29) is 24.0 Å². The van der Waals surface area contributed by atoms with Crippen LogP contribution in [0.5, 0.6) is 0 Å². The Morgan fingerprint density at radius 2 is 1.90 bits per heavy atom. The van der Waals surface area contributed by atoms with Gasteiger partial charge >= 0.3 is 0 Å². The molecule has 0 amide bonds. The molecule has 0 saturated carbocycles. The van der Waals surface area contributed by atoms with Crippen LogP contribution >= 0.6 is 12.6 Å². The second kappa shape index (κ2) is 4.96. The van der Waals surface area contributed by atoms with Gasteiger partial charge in [0, 0.05) is 17.9 Å². The van der Waals surface area contributed by atoms with Gasteiger partial charge < -0.3 is 24.0 Å². The van der Waals surface area contributed by atoms with Gasteiger partial charge in [0.15, 0.2) is 12.4 Å². The summed E-state index contributed by atoms with van der Waals surface area (Å²) in [6, 6.07) is 4.12. The first-order valence-electron chi connectivity index (χ1n) is 2.88. The maximum absolute atomic E-state index is 4.14. The highest BCUT2D eigenvalue weighted by Crippen LogP contribution is 1.97. The van der Waals surface area contributed by atoms with Crippen LogP contribution in [0.4, 0.5) is 0 Å². The van der Waals surface area contributed by atoms with Gasteiger partial charge in [0.2, 0.25) is 0 Å². The Balaban J connectivity index is 0.000000810. The molecule has 0 atom stereocenters. The van der Waals surface area contributed by atoms with Crippen molar-refractivity contribution in [1.29, 1.82) is 0 Å². The standard InChI is InChI=1S/C7H9NS.HI/c1-8-4-2-7(6-9)3-5-8;/h2-5H,6H2,1H3;1H. The van der Waals surface area contributed by atoms with Gasteiger partial charge in [-0.15, -0.1) is 0 Å². The molecule has 1 aromatic rings. The lowest BCUT2D eigenvalue weighted by molar-refractivity contribution is -0.671. The minimum Gasteiger partial charge on any atom is -1.00 e. The molecule has 56 valence electrons. The number of hydrogen-bond acceptors (Lipinski definition) is 1. The third-order valence-corrected chi connectivity index (χ3v) is 1.60. The van der Waals surface area contributed by atoms with Crippen molar-refractivity contribution in [1.82, 2.24) is 0 Å². The number of nitrogens with zero attached hydrogens (tertiary/aromatic N) is 1. The van der Waals surface area contributed by atoms with Gasteiger partial charge in [-0.3, -0.25) is 0 Å². The topological polar surface area (TPSA) is 3.88 Å². The highest BCUT2D eigenvalue weighted by Gasteiger charge is 1.90. The number of hydrogen-bond donors (Lipinski definition) is 1.